The highest BCUT2D eigenvalue weighted by atomic mass is 19.4. The number of piperidine rings is 1. The van der Waals surface area contributed by atoms with Gasteiger partial charge in [0.1, 0.15) is 5.75 Å². The van der Waals surface area contributed by atoms with Crippen molar-refractivity contribution in [3.8, 4) is 5.75 Å². The predicted octanol–water partition coefficient (Wildman–Crippen LogP) is 3.32. The zero-order valence-corrected chi connectivity index (χ0v) is 17.4. The summed E-state index contributed by atoms with van der Waals surface area (Å²) >= 11 is 0. The van der Waals surface area contributed by atoms with Gasteiger partial charge in [0.25, 0.3) is 11.7 Å². The molecule has 0 radical (unpaired) electrons. The van der Waals surface area contributed by atoms with Crippen molar-refractivity contribution in [2.45, 2.75) is 38.0 Å². The number of halogens is 3. The quantitative estimate of drug-likeness (QED) is 0.735. The van der Waals surface area contributed by atoms with E-state index in [1.807, 2.05) is 7.05 Å². The van der Waals surface area contributed by atoms with Gasteiger partial charge in [0, 0.05) is 37.4 Å². The number of carbonyl (C=O) groups excluding carboxylic acids is 2. The molecule has 1 N–H and O–H groups in total. The SMILES string of the molecule is Cc1cc(C(=O)N2CCC3(CC2)c2ccc(C(=O)C(F)(F)F)n2CCN3C)ccc1O. The normalized spacial score (nSPS) is 18.8. The van der Waals surface area contributed by atoms with Crippen molar-refractivity contribution in [2.24, 2.45) is 0 Å². The number of alkyl halides is 3. The lowest BCUT2D eigenvalue weighted by atomic mass is 9.81. The molecule has 0 atom stereocenters. The van der Waals surface area contributed by atoms with Crippen LogP contribution in [0.15, 0.2) is 30.3 Å². The molecule has 6 nitrogen and oxygen atoms in total. The molecule has 4 rings (SSSR count). The molecule has 0 saturated carbocycles. The second-order valence-electron chi connectivity index (χ2n) is 8.33. The van der Waals surface area contributed by atoms with Gasteiger partial charge < -0.3 is 14.6 Å². The molecular formula is C22H24F3N3O3. The van der Waals surface area contributed by atoms with Gasteiger partial charge in [-0.25, -0.2) is 0 Å². The van der Waals surface area contributed by atoms with Crippen LogP contribution in [0.2, 0.25) is 0 Å². The summed E-state index contributed by atoms with van der Waals surface area (Å²) < 4.78 is 40.5. The fraction of sp³-hybridized carbons (Fsp3) is 0.455. The number of ketones is 1. The fourth-order valence-corrected chi connectivity index (χ4v) is 4.81. The number of aromatic hydroxyl groups is 1. The number of likely N-dealkylation sites (N-methyl/N-ethyl adjacent to an activating group) is 1. The maximum atomic E-state index is 13.0. The van der Waals surface area contributed by atoms with Gasteiger partial charge in [0.2, 0.25) is 0 Å². The Morgan fingerprint density at radius 1 is 1.03 bits per heavy atom. The number of hydrogen-bond acceptors (Lipinski definition) is 4. The summed E-state index contributed by atoms with van der Waals surface area (Å²) in [6.07, 6.45) is -3.81. The van der Waals surface area contributed by atoms with Crippen LogP contribution in [-0.2, 0) is 12.1 Å². The van der Waals surface area contributed by atoms with Crippen LogP contribution in [0.3, 0.4) is 0 Å². The molecule has 166 valence electrons. The van der Waals surface area contributed by atoms with Crippen LogP contribution < -0.4 is 0 Å². The molecule has 2 aliphatic rings. The smallest absolute Gasteiger partial charge is 0.456 e. The van der Waals surface area contributed by atoms with E-state index in [9.17, 15) is 27.9 Å². The minimum absolute atomic E-state index is 0.128. The van der Waals surface area contributed by atoms with Crippen LogP contribution in [0, 0.1) is 6.92 Å². The predicted molar refractivity (Wildman–Crippen MR) is 107 cm³/mol. The van der Waals surface area contributed by atoms with E-state index in [2.05, 4.69) is 4.90 Å². The first-order chi connectivity index (χ1) is 14.5. The molecule has 3 heterocycles. The number of phenolic OH excluding ortho intramolecular Hbond substituents is 1. The molecule has 0 bridgehead atoms. The largest absolute Gasteiger partial charge is 0.508 e. The fourth-order valence-electron chi connectivity index (χ4n) is 4.81. The minimum atomic E-state index is -4.91. The van der Waals surface area contributed by atoms with Crippen molar-refractivity contribution in [3.05, 3.63) is 52.8 Å². The number of Topliss-reactive ketones (excluding diaryl/α,β-unsaturated/α-hetero) is 1. The van der Waals surface area contributed by atoms with Gasteiger partial charge >= 0.3 is 6.18 Å². The summed E-state index contributed by atoms with van der Waals surface area (Å²) in [6.45, 7) is 3.44. The Kier molecular flexibility index (Phi) is 5.12. The molecule has 0 aliphatic carbocycles. The summed E-state index contributed by atoms with van der Waals surface area (Å²) in [5.74, 6) is -1.84. The van der Waals surface area contributed by atoms with E-state index in [4.69, 9.17) is 0 Å². The standard InChI is InChI=1S/C22H24F3N3O3/c1-14-13-15(3-5-17(14)29)20(31)27-9-7-21(8-10-27)18-6-4-16(19(30)22(23,24)25)28(18)12-11-26(21)2/h3-6,13,29H,7-12H2,1-2H3. The van der Waals surface area contributed by atoms with Crippen LogP contribution in [0.5, 0.6) is 5.75 Å². The number of fused-ring (bicyclic) bond motifs is 2. The highest BCUT2D eigenvalue weighted by Gasteiger charge is 2.47. The highest BCUT2D eigenvalue weighted by molar-refractivity contribution is 5.99. The molecule has 1 fully saturated rings. The third-order valence-electron chi connectivity index (χ3n) is 6.66. The summed E-state index contributed by atoms with van der Waals surface area (Å²) in [4.78, 5) is 28.6. The molecular weight excluding hydrogens is 411 g/mol. The van der Waals surface area contributed by atoms with Crippen LogP contribution in [0.1, 0.15) is 44.9 Å². The Bertz CT molecular complexity index is 1040. The molecule has 0 unspecified atom stereocenters. The van der Waals surface area contributed by atoms with Crippen LogP contribution >= 0.6 is 0 Å². The Morgan fingerprint density at radius 2 is 1.71 bits per heavy atom. The van der Waals surface area contributed by atoms with E-state index in [1.54, 1.807) is 30.0 Å². The number of phenols is 1. The molecule has 1 aromatic carbocycles. The molecule has 1 spiro atoms. The molecule has 1 aromatic heterocycles. The monoisotopic (exact) mass is 435 g/mol. The summed E-state index contributed by atoms with van der Waals surface area (Å²) in [5, 5.41) is 9.69. The molecule has 1 amide bonds. The van der Waals surface area contributed by atoms with Gasteiger partial charge in [0.05, 0.1) is 11.2 Å². The number of rotatable bonds is 2. The first-order valence-electron chi connectivity index (χ1n) is 10.2. The number of amides is 1. The van der Waals surface area contributed by atoms with Crippen molar-refractivity contribution >= 4 is 11.7 Å². The lowest BCUT2D eigenvalue weighted by Gasteiger charge is -2.50. The lowest BCUT2D eigenvalue weighted by molar-refractivity contribution is -0.0892. The second kappa shape index (κ2) is 7.40. The van der Waals surface area contributed by atoms with Crippen molar-refractivity contribution in [1.82, 2.24) is 14.4 Å². The average Bonchev–Trinajstić information content (AvgIpc) is 3.16. The van der Waals surface area contributed by atoms with E-state index in [0.29, 0.717) is 55.8 Å². The summed E-state index contributed by atoms with van der Waals surface area (Å²) in [7, 11) is 1.93. The summed E-state index contributed by atoms with van der Waals surface area (Å²) in [5.41, 5.74) is 0.953. The summed E-state index contributed by atoms with van der Waals surface area (Å²) in [6, 6.07) is 7.62. The van der Waals surface area contributed by atoms with Gasteiger partial charge in [-0.2, -0.15) is 13.2 Å². The van der Waals surface area contributed by atoms with Crippen molar-refractivity contribution in [3.63, 3.8) is 0 Å². The molecule has 31 heavy (non-hydrogen) atoms. The van der Waals surface area contributed by atoms with E-state index in [1.165, 1.54) is 16.7 Å². The number of aromatic nitrogens is 1. The van der Waals surface area contributed by atoms with Gasteiger partial charge in [-0.3, -0.25) is 14.5 Å². The van der Waals surface area contributed by atoms with E-state index >= 15 is 0 Å². The van der Waals surface area contributed by atoms with Gasteiger partial charge in [-0.15, -0.1) is 0 Å². The van der Waals surface area contributed by atoms with Gasteiger partial charge in [-0.05, 0) is 62.7 Å². The number of carbonyl (C=O) groups is 2. The topological polar surface area (TPSA) is 65.8 Å². The maximum Gasteiger partial charge on any atom is 0.456 e. The zero-order chi connectivity index (χ0) is 22.6. The van der Waals surface area contributed by atoms with Crippen LogP contribution in [0.25, 0.3) is 0 Å². The maximum absolute atomic E-state index is 13.0. The van der Waals surface area contributed by atoms with Crippen molar-refractivity contribution in [2.75, 3.05) is 26.7 Å². The number of hydrogen-bond donors (Lipinski definition) is 1. The van der Waals surface area contributed by atoms with E-state index in [-0.39, 0.29) is 17.4 Å². The minimum Gasteiger partial charge on any atom is -0.508 e. The molecule has 2 aliphatic heterocycles. The third kappa shape index (κ3) is 3.50. The highest BCUT2D eigenvalue weighted by Crippen LogP contribution is 2.42. The Balaban J connectivity index is 1.58. The first kappa shape index (κ1) is 21.4. The van der Waals surface area contributed by atoms with Crippen LogP contribution in [0.4, 0.5) is 13.2 Å². The van der Waals surface area contributed by atoms with Crippen LogP contribution in [-0.4, -0.2) is 64.0 Å². The Hall–Kier alpha value is -2.81. The molecule has 1 saturated heterocycles. The number of aryl methyl sites for hydroxylation is 1. The van der Waals surface area contributed by atoms with Crippen molar-refractivity contribution in [1.29, 1.82) is 0 Å². The van der Waals surface area contributed by atoms with Gasteiger partial charge in [-0.1, -0.05) is 0 Å². The van der Waals surface area contributed by atoms with E-state index in [0.717, 1.165) is 0 Å². The Morgan fingerprint density at radius 3 is 2.32 bits per heavy atom. The molecule has 2 aromatic rings. The number of nitrogens with zero attached hydrogens (tertiary/aromatic N) is 3. The number of likely N-dealkylation sites (tertiary alicyclic amines) is 1. The first-order valence-corrected chi connectivity index (χ1v) is 10.2. The zero-order valence-electron chi connectivity index (χ0n) is 17.4. The van der Waals surface area contributed by atoms with Gasteiger partial charge in [0.15, 0.2) is 0 Å². The van der Waals surface area contributed by atoms with Crippen molar-refractivity contribution < 1.29 is 27.9 Å². The third-order valence-corrected chi connectivity index (χ3v) is 6.66. The van der Waals surface area contributed by atoms with E-state index < -0.39 is 17.5 Å². The average molecular weight is 435 g/mol. The molecule has 9 heteroatoms. The number of benzene rings is 1. The Labute approximate surface area is 177 Å². The lowest BCUT2D eigenvalue weighted by Crippen LogP contribution is -2.56. The second-order valence-corrected chi connectivity index (χ2v) is 8.33.